The summed E-state index contributed by atoms with van der Waals surface area (Å²) in [4.78, 5) is 17.6. The molecular formula is C28H28N2O3S. The van der Waals surface area contributed by atoms with Gasteiger partial charge in [-0.15, -0.1) is 11.8 Å². The maximum Gasteiger partial charge on any atom is 0.221 e. The van der Waals surface area contributed by atoms with Gasteiger partial charge in [-0.25, -0.2) is 4.99 Å². The van der Waals surface area contributed by atoms with Gasteiger partial charge in [0.05, 0.1) is 28.4 Å². The number of carbonyl (C=O) groups is 1. The van der Waals surface area contributed by atoms with Crippen molar-refractivity contribution in [1.82, 2.24) is 0 Å². The van der Waals surface area contributed by atoms with Crippen LogP contribution in [0.4, 0.5) is 11.4 Å². The predicted octanol–water partition coefficient (Wildman–Crippen LogP) is 7.03. The summed E-state index contributed by atoms with van der Waals surface area (Å²) in [7, 11) is 0. The highest BCUT2D eigenvalue weighted by Crippen LogP contribution is 2.34. The Morgan fingerprint density at radius 2 is 1.65 bits per heavy atom. The minimum Gasteiger partial charge on any atom is -0.493 e. The number of rotatable bonds is 6. The first kappa shape index (κ1) is 23.6. The highest BCUT2D eigenvalue weighted by atomic mass is 32.2. The summed E-state index contributed by atoms with van der Waals surface area (Å²) in [5.41, 5.74) is 3.61. The highest BCUT2D eigenvalue weighted by molar-refractivity contribution is 7.98. The first-order chi connectivity index (χ1) is 16.4. The molecule has 6 heteroatoms. The summed E-state index contributed by atoms with van der Waals surface area (Å²) in [6, 6.07) is 20.1. The Labute approximate surface area is 203 Å². The number of fused-ring (bicyclic) bond motifs is 1. The van der Waals surface area contributed by atoms with Gasteiger partial charge in [-0.3, -0.25) is 4.79 Å². The number of nitrogens with zero attached hydrogens (tertiary/aromatic N) is 1. The van der Waals surface area contributed by atoms with E-state index in [1.54, 1.807) is 11.8 Å². The van der Waals surface area contributed by atoms with Gasteiger partial charge in [-0.05, 0) is 86.7 Å². The predicted molar refractivity (Wildman–Crippen MR) is 140 cm³/mol. The maximum atomic E-state index is 11.3. The number of hydrogen-bond donors (Lipinski definition) is 1. The standard InChI is InChI=1S/C28H28N2O3S/c1-6-32-26-16-21(20-7-13-24(34-5)14-8-20)15-25(27-17(2)33-18(3)28(26)27)30-23-11-9-22(10-12-23)29-19(4)31/h7-16H,6H2,1-5H3,(H,29,31). The number of anilines is 1. The van der Waals surface area contributed by atoms with E-state index in [9.17, 15) is 4.79 Å². The van der Waals surface area contributed by atoms with Crippen LogP contribution in [0, 0.1) is 13.8 Å². The fourth-order valence-electron chi connectivity index (χ4n) is 4.03. The third-order valence-electron chi connectivity index (χ3n) is 5.50. The van der Waals surface area contributed by atoms with E-state index in [2.05, 4.69) is 48.0 Å². The van der Waals surface area contributed by atoms with Crippen LogP contribution in [0.25, 0.3) is 21.9 Å². The van der Waals surface area contributed by atoms with Gasteiger partial charge in [-0.2, -0.15) is 0 Å². The van der Waals surface area contributed by atoms with Gasteiger partial charge in [0, 0.05) is 17.5 Å². The number of aryl methyl sites for hydroxylation is 2. The quantitative estimate of drug-likeness (QED) is 0.306. The molecule has 4 aromatic rings. The molecule has 3 aromatic carbocycles. The maximum absolute atomic E-state index is 11.3. The Kier molecular flexibility index (Phi) is 7.08. The van der Waals surface area contributed by atoms with Gasteiger partial charge in [0.25, 0.3) is 0 Å². The summed E-state index contributed by atoms with van der Waals surface area (Å²) < 4.78 is 12.1. The van der Waals surface area contributed by atoms with Gasteiger partial charge in [0.15, 0.2) is 0 Å². The molecule has 0 bridgehead atoms. The molecule has 0 fully saturated rings. The van der Waals surface area contributed by atoms with Gasteiger partial charge in [-0.1, -0.05) is 12.1 Å². The van der Waals surface area contributed by atoms with E-state index in [0.717, 1.165) is 55.9 Å². The molecular weight excluding hydrogens is 444 g/mol. The lowest BCUT2D eigenvalue weighted by atomic mass is 10.1. The Balaban J connectivity index is 1.99. The molecule has 0 aliphatic rings. The van der Waals surface area contributed by atoms with Crippen LogP contribution < -0.4 is 15.4 Å². The van der Waals surface area contributed by atoms with Crippen LogP contribution >= 0.6 is 11.8 Å². The van der Waals surface area contributed by atoms with Gasteiger partial charge in [0.2, 0.25) is 5.91 Å². The smallest absolute Gasteiger partial charge is 0.221 e. The summed E-state index contributed by atoms with van der Waals surface area (Å²) in [6.45, 7) is 7.93. The number of hydrogen-bond acceptors (Lipinski definition) is 5. The third-order valence-corrected chi connectivity index (χ3v) is 6.25. The number of furan rings is 1. The fraction of sp³-hybridized carbons (Fsp3) is 0.214. The van der Waals surface area contributed by atoms with E-state index in [-0.39, 0.29) is 5.91 Å². The van der Waals surface area contributed by atoms with Crippen LogP contribution in [0.5, 0.6) is 5.75 Å². The molecule has 0 atom stereocenters. The van der Waals surface area contributed by atoms with Gasteiger partial charge in [0.1, 0.15) is 17.3 Å². The first-order valence-corrected chi connectivity index (χ1v) is 12.4. The van der Waals surface area contributed by atoms with Crippen molar-refractivity contribution in [1.29, 1.82) is 0 Å². The van der Waals surface area contributed by atoms with E-state index in [1.165, 1.54) is 11.8 Å². The van der Waals surface area contributed by atoms with Gasteiger partial charge >= 0.3 is 0 Å². The molecule has 0 saturated carbocycles. The van der Waals surface area contributed by atoms with Crippen molar-refractivity contribution in [2.45, 2.75) is 32.6 Å². The van der Waals surface area contributed by atoms with E-state index in [0.29, 0.717) is 6.61 Å². The lowest BCUT2D eigenvalue weighted by Crippen LogP contribution is -2.05. The zero-order chi connectivity index (χ0) is 24.2. The van der Waals surface area contributed by atoms with E-state index < -0.39 is 0 Å². The van der Waals surface area contributed by atoms with Crippen molar-refractivity contribution < 1.29 is 13.9 Å². The summed E-state index contributed by atoms with van der Waals surface area (Å²) >= 11 is 1.72. The topological polar surface area (TPSA) is 63.8 Å². The van der Waals surface area contributed by atoms with Crippen molar-refractivity contribution in [3.8, 4) is 16.9 Å². The molecule has 1 heterocycles. The zero-order valence-electron chi connectivity index (χ0n) is 20.1. The highest BCUT2D eigenvalue weighted by Gasteiger charge is 2.15. The lowest BCUT2D eigenvalue weighted by molar-refractivity contribution is -0.114. The molecule has 0 radical (unpaired) electrons. The minimum absolute atomic E-state index is 0.105. The summed E-state index contributed by atoms with van der Waals surface area (Å²) in [5, 5.41) is 5.45. The van der Waals surface area contributed by atoms with Crippen LogP contribution in [-0.4, -0.2) is 18.8 Å². The largest absolute Gasteiger partial charge is 0.493 e. The molecule has 0 aliphatic heterocycles. The van der Waals surface area contributed by atoms with Crippen LogP contribution in [0.1, 0.15) is 25.4 Å². The fourth-order valence-corrected chi connectivity index (χ4v) is 4.44. The Morgan fingerprint density at radius 1 is 0.971 bits per heavy atom. The number of amides is 1. The van der Waals surface area contributed by atoms with Crippen LogP contribution in [0.3, 0.4) is 0 Å². The molecule has 0 saturated heterocycles. The van der Waals surface area contributed by atoms with Crippen molar-refractivity contribution >= 4 is 39.8 Å². The summed E-state index contributed by atoms with van der Waals surface area (Å²) in [6.07, 6.45) is 2.07. The number of nitrogens with one attached hydrogen (secondary N) is 1. The Bertz CT molecular complexity index is 1410. The van der Waals surface area contributed by atoms with Crippen molar-refractivity contribution in [2.75, 3.05) is 18.2 Å². The van der Waals surface area contributed by atoms with Crippen molar-refractivity contribution in [3.63, 3.8) is 0 Å². The number of thioether (sulfide) groups is 1. The van der Waals surface area contributed by atoms with E-state index >= 15 is 0 Å². The van der Waals surface area contributed by atoms with E-state index in [4.69, 9.17) is 14.1 Å². The SMILES string of the molecule is CCOc1cc(-c2ccc(SC)cc2)cc(=Nc2ccc(NC(C)=O)cc2)c2c(C)oc(C)c12. The van der Waals surface area contributed by atoms with Crippen LogP contribution in [-0.2, 0) is 4.79 Å². The lowest BCUT2D eigenvalue weighted by Gasteiger charge is -2.05. The van der Waals surface area contributed by atoms with Crippen LogP contribution in [0.2, 0.25) is 0 Å². The average Bonchev–Trinajstić information content (AvgIpc) is 3.01. The number of benzene rings is 2. The molecule has 0 aliphatic carbocycles. The molecule has 34 heavy (non-hydrogen) atoms. The molecule has 0 unspecified atom stereocenters. The van der Waals surface area contributed by atoms with Gasteiger partial charge < -0.3 is 14.5 Å². The van der Waals surface area contributed by atoms with E-state index in [1.807, 2.05) is 45.0 Å². The number of carbonyl (C=O) groups excluding carboxylic acids is 1. The zero-order valence-corrected chi connectivity index (χ0v) is 20.9. The molecule has 1 aromatic heterocycles. The second kappa shape index (κ2) is 10.2. The second-order valence-electron chi connectivity index (χ2n) is 7.96. The molecule has 0 spiro atoms. The van der Waals surface area contributed by atoms with Crippen molar-refractivity contribution in [3.05, 3.63) is 77.5 Å². The number of ether oxygens (including phenoxy) is 1. The van der Waals surface area contributed by atoms with Crippen molar-refractivity contribution in [2.24, 2.45) is 4.99 Å². The monoisotopic (exact) mass is 472 g/mol. The molecule has 174 valence electrons. The van der Waals surface area contributed by atoms with Crippen LogP contribution in [0.15, 0.2) is 75.0 Å². The Morgan fingerprint density at radius 3 is 2.26 bits per heavy atom. The second-order valence-corrected chi connectivity index (χ2v) is 8.84. The first-order valence-electron chi connectivity index (χ1n) is 11.2. The molecule has 1 N–H and O–H groups in total. The Hall–Kier alpha value is -3.51. The molecule has 4 rings (SSSR count). The third kappa shape index (κ3) is 5.02. The minimum atomic E-state index is -0.105. The molecule has 1 amide bonds. The summed E-state index contributed by atoms with van der Waals surface area (Å²) in [5.74, 6) is 2.26. The normalized spacial score (nSPS) is 11.6. The average molecular weight is 473 g/mol. The molecule has 5 nitrogen and oxygen atoms in total.